The third-order valence-electron chi connectivity index (χ3n) is 6.49. The SMILES string of the molecule is BrC1CC2CCCC(C1)C2=C1C2CCCC1CCC2. The van der Waals surface area contributed by atoms with Gasteiger partial charge in [0.15, 0.2) is 0 Å². The van der Waals surface area contributed by atoms with Gasteiger partial charge in [-0.1, -0.05) is 46.3 Å². The van der Waals surface area contributed by atoms with Crippen LogP contribution in [0, 0.1) is 23.7 Å². The van der Waals surface area contributed by atoms with Crippen molar-refractivity contribution in [2.24, 2.45) is 23.7 Å². The Kier molecular flexibility index (Phi) is 3.54. The second kappa shape index (κ2) is 5.20. The molecule has 1 heteroatoms. The highest BCUT2D eigenvalue weighted by Crippen LogP contribution is 2.54. The molecular weight excluding hydrogens is 296 g/mol. The molecule has 4 aliphatic carbocycles. The molecule has 0 saturated heterocycles. The molecule has 0 nitrogen and oxygen atoms in total. The molecule has 0 aromatic heterocycles. The third-order valence-corrected chi connectivity index (χ3v) is 7.24. The van der Waals surface area contributed by atoms with Crippen molar-refractivity contribution in [1.82, 2.24) is 0 Å². The van der Waals surface area contributed by atoms with Crippen molar-refractivity contribution in [2.45, 2.75) is 75.5 Å². The third kappa shape index (κ3) is 2.24. The van der Waals surface area contributed by atoms with Gasteiger partial charge >= 0.3 is 0 Å². The molecule has 19 heavy (non-hydrogen) atoms. The Hall–Kier alpha value is 0.220. The molecule has 4 rings (SSSR count). The predicted octanol–water partition coefficient (Wildman–Crippen LogP) is 5.86. The van der Waals surface area contributed by atoms with Gasteiger partial charge in [-0.15, -0.1) is 0 Å². The van der Waals surface area contributed by atoms with Crippen LogP contribution in [0.2, 0.25) is 0 Å². The van der Waals surface area contributed by atoms with Crippen LogP contribution in [-0.4, -0.2) is 4.83 Å². The van der Waals surface area contributed by atoms with Gasteiger partial charge in [-0.25, -0.2) is 0 Å². The van der Waals surface area contributed by atoms with E-state index in [9.17, 15) is 0 Å². The highest BCUT2D eigenvalue weighted by atomic mass is 79.9. The molecule has 4 aliphatic rings. The number of alkyl halides is 1. The zero-order chi connectivity index (χ0) is 12.8. The summed E-state index contributed by atoms with van der Waals surface area (Å²) >= 11 is 3.93. The van der Waals surface area contributed by atoms with Gasteiger partial charge in [-0.3, -0.25) is 0 Å². The second-order valence-electron chi connectivity index (χ2n) is 7.56. The van der Waals surface area contributed by atoms with E-state index in [2.05, 4.69) is 15.9 Å². The number of hydrogen-bond acceptors (Lipinski definition) is 0. The summed E-state index contributed by atoms with van der Waals surface area (Å²) < 4.78 is 0. The summed E-state index contributed by atoms with van der Waals surface area (Å²) in [5, 5.41) is 0. The Morgan fingerprint density at radius 2 is 0.947 bits per heavy atom. The maximum absolute atomic E-state index is 3.93. The minimum absolute atomic E-state index is 0.815. The smallest absolute Gasteiger partial charge is 0.0157 e. The highest BCUT2D eigenvalue weighted by Gasteiger charge is 2.41. The summed E-state index contributed by atoms with van der Waals surface area (Å²) in [6, 6.07) is 0. The first-order chi connectivity index (χ1) is 9.33. The molecule has 0 heterocycles. The van der Waals surface area contributed by atoms with Crippen molar-refractivity contribution < 1.29 is 0 Å². The van der Waals surface area contributed by atoms with E-state index in [4.69, 9.17) is 0 Å². The lowest BCUT2D eigenvalue weighted by atomic mass is 9.59. The Labute approximate surface area is 126 Å². The fourth-order valence-electron chi connectivity index (χ4n) is 5.87. The van der Waals surface area contributed by atoms with Crippen LogP contribution in [0.3, 0.4) is 0 Å². The standard InChI is InChI=1S/C18H27Br/c19-16-10-14-8-3-9-15(11-16)18(14)17-12-4-1-5-13(17)7-2-6-12/h12-16H,1-11H2. The molecule has 0 amide bonds. The van der Waals surface area contributed by atoms with E-state index >= 15 is 0 Å². The van der Waals surface area contributed by atoms with Crippen molar-refractivity contribution in [3.05, 3.63) is 11.1 Å². The quantitative estimate of drug-likeness (QED) is 0.387. The molecule has 0 aromatic carbocycles. The van der Waals surface area contributed by atoms with E-state index in [0.29, 0.717) is 0 Å². The van der Waals surface area contributed by atoms with Gasteiger partial charge in [0.25, 0.3) is 0 Å². The minimum Gasteiger partial charge on any atom is -0.0890 e. The average molecular weight is 323 g/mol. The van der Waals surface area contributed by atoms with Crippen LogP contribution >= 0.6 is 15.9 Å². The lowest BCUT2D eigenvalue weighted by Crippen LogP contribution is -2.35. The van der Waals surface area contributed by atoms with E-state index in [1.54, 1.807) is 0 Å². The summed E-state index contributed by atoms with van der Waals surface area (Å²) in [6.07, 6.45) is 16.5. The van der Waals surface area contributed by atoms with Gasteiger partial charge in [0.1, 0.15) is 0 Å². The maximum Gasteiger partial charge on any atom is 0.0157 e. The Balaban J connectivity index is 1.74. The predicted molar refractivity (Wildman–Crippen MR) is 84.5 cm³/mol. The lowest BCUT2D eigenvalue weighted by Gasteiger charge is -2.47. The van der Waals surface area contributed by atoms with Crippen LogP contribution in [0.25, 0.3) is 0 Å². The second-order valence-corrected chi connectivity index (χ2v) is 8.85. The molecule has 0 aliphatic heterocycles. The summed E-state index contributed by atoms with van der Waals surface area (Å²) in [4.78, 5) is 0.815. The summed E-state index contributed by atoms with van der Waals surface area (Å²) in [5.41, 5.74) is 4.06. The molecule has 4 bridgehead atoms. The number of rotatable bonds is 0. The van der Waals surface area contributed by atoms with Crippen molar-refractivity contribution in [3.63, 3.8) is 0 Å². The van der Waals surface area contributed by atoms with Crippen molar-refractivity contribution >= 4 is 15.9 Å². The van der Waals surface area contributed by atoms with Crippen molar-refractivity contribution in [1.29, 1.82) is 0 Å². The van der Waals surface area contributed by atoms with E-state index in [1.165, 1.54) is 70.6 Å². The fraction of sp³-hybridized carbons (Fsp3) is 0.889. The number of allylic oxidation sites excluding steroid dienone is 2. The van der Waals surface area contributed by atoms with E-state index in [-0.39, 0.29) is 0 Å². The normalized spacial score (nSPS) is 46.3. The fourth-order valence-corrected chi connectivity index (χ4v) is 6.77. The number of halogens is 1. The average Bonchev–Trinajstić information content (AvgIpc) is 2.36. The van der Waals surface area contributed by atoms with Gasteiger partial charge in [0, 0.05) is 4.83 Å². The molecule has 0 N–H and O–H groups in total. The van der Waals surface area contributed by atoms with Gasteiger partial charge in [0.05, 0.1) is 0 Å². The van der Waals surface area contributed by atoms with Crippen LogP contribution in [0.15, 0.2) is 11.1 Å². The first-order valence-electron chi connectivity index (χ1n) is 8.71. The Morgan fingerprint density at radius 1 is 0.579 bits per heavy atom. The summed E-state index contributed by atoms with van der Waals surface area (Å²) in [6.45, 7) is 0. The van der Waals surface area contributed by atoms with Crippen LogP contribution in [0.1, 0.15) is 70.6 Å². The van der Waals surface area contributed by atoms with E-state index in [0.717, 1.165) is 28.5 Å². The first kappa shape index (κ1) is 12.9. The number of fused-ring (bicyclic) bond motifs is 4. The summed E-state index contributed by atoms with van der Waals surface area (Å²) in [5.74, 6) is 3.95. The van der Waals surface area contributed by atoms with Gasteiger partial charge in [-0.05, 0) is 75.0 Å². The molecule has 0 spiro atoms. The molecule has 0 aromatic rings. The van der Waals surface area contributed by atoms with E-state index < -0.39 is 0 Å². The molecule has 4 saturated carbocycles. The Bertz CT molecular complexity index is 343. The van der Waals surface area contributed by atoms with Crippen LogP contribution in [0.5, 0.6) is 0 Å². The zero-order valence-corrected chi connectivity index (χ0v) is 13.6. The van der Waals surface area contributed by atoms with Crippen LogP contribution in [-0.2, 0) is 0 Å². The first-order valence-corrected chi connectivity index (χ1v) is 9.62. The molecule has 0 radical (unpaired) electrons. The lowest BCUT2D eigenvalue weighted by molar-refractivity contribution is 0.232. The maximum atomic E-state index is 3.93. The number of hydrogen-bond donors (Lipinski definition) is 0. The van der Waals surface area contributed by atoms with Gasteiger partial charge in [-0.2, -0.15) is 0 Å². The zero-order valence-electron chi connectivity index (χ0n) is 12.0. The molecular formula is C18H27Br. The van der Waals surface area contributed by atoms with Crippen molar-refractivity contribution in [3.8, 4) is 0 Å². The largest absolute Gasteiger partial charge is 0.0890 e. The minimum atomic E-state index is 0.815. The molecule has 2 unspecified atom stereocenters. The summed E-state index contributed by atoms with van der Waals surface area (Å²) in [7, 11) is 0. The monoisotopic (exact) mass is 322 g/mol. The topological polar surface area (TPSA) is 0 Å². The van der Waals surface area contributed by atoms with Gasteiger partial charge < -0.3 is 0 Å². The van der Waals surface area contributed by atoms with Crippen LogP contribution < -0.4 is 0 Å². The van der Waals surface area contributed by atoms with E-state index in [1.807, 2.05) is 11.1 Å². The molecule has 2 atom stereocenters. The molecule has 106 valence electrons. The van der Waals surface area contributed by atoms with Crippen LogP contribution in [0.4, 0.5) is 0 Å². The highest BCUT2D eigenvalue weighted by molar-refractivity contribution is 9.09. The Morgan fingerprint density at radius 3 is 1.42 bits per heavy atom. The van der Waals surface area contributed by atoms with Crippen molar-refractivity contribution in [2.75, 3.05) is 0 Å². The van der Waals surface area contributed by atoms with Gasteiger partial charge in [0.2, 0.25) is 0 Å². The molecule has 4 fully saturated rings.